The number of imide groups is 1. The number of amides is 2. The minimum atomic E-state index is -0.377. The lowest BCUT2D eigenvalue weighted by Gasteiger charge is -2.09. The number of furan rings is 2. The maximum absolute atomic E-state index is 12.5. The molecule has 4 rings (SSSR count). The zero-order chi connectivity index (χ0) is 18.8. The molecule has 0 radical (unpaired) electrons. The van der Waals surface area contributed by atoms with Crippen molar-refractivity contribution < 1.29 is 23.6 Å². The lowest BCUT2D eigenvalue weighted by molar-refractivity contribution is -0.123. The molecule has 27 heavy (non-hydrogen) atoms. The molecule has 3 aromatic rings. The van der Waals surface area contributed by atoms with E-state index in [0.717, 1.165) is 22.2 Å². The first-order valence-corrected chi connectivity index (χ1v) is 8.84. The molecule has 8 heteroatoms. The summed E-state index contributed by atoms with van der Waals surface area (Å²) in [5, 5.41) is 8.51. The van der Waals surface area contributed by atoms with Crippen LogP contribution in [-0.2, 0) is 11.3 Å². The van der Waals surface area contributed by atoms with Crippen molar-refractivity contribution in [1.82, 2.24) is 4.90 Å². The van der Waals surface area contributed by atoms with Crippen molar-refractivity contribution in [1.29, 1.82) is 0 Å². The molecule has 2 aromatic heterocycles. The average Bonchev–Trinajstić information content (AvgIpc) is 3.41. The normalized spacial score (nSPS) is 15.7. The molecule has 0 saturated carbocycles. The molecule has 0 bridgehead atoms. The van der Waals surface area contributed by atoms with Crippen LogP contribution in [0.2, 0.25) is 0 Å². The van der Waals surface area contributed by atoms with Crippen molar-refractivity contribution in [3.05, 3.63) is 71.2 Å². The highest BCUT2D eigenvalue weighted by Crippen LogP contribution is 2.34. The van der Waals surface area contributed by atoms with Gasteiger partial charge in [-0.15, -0.1) is 0 Å². The fraction of sp³-hybridized carbons (Fsp3) is 0.0526. The first-order valence-electron chi connectivity index (χ1n) is 8.02. The second-order valence-corrected chi connectivity index (χ2v) is 6.73. The highest BCUT2D eigenvalue weighted by molar-refractivity contribution is 8.18. The van der Waals surface area contributed by atoms with E-state index in [1.807, 2.05) is 0 Å². The predicted molar refractivity (Wildman–Crippen MR) is 99.8 cm³/mol. The van der Waals surface area contributed by atoms with E-state index in [2.05, 4.69) is 5.48 Å². The first kappa shape index (κ1) is 17.2. The van der Waals surface area contributed by atoms with E-state index < -0.39 is 0 Å². The third-order valence-electron chi connectivity index (χ3n) is 3.97. The molecule has 1 saturated heterocycles. The van der Waals surface area contributed by atoms with Crippen LogP contribution in [0.5, 0.6) is 0 Å². The number of rotatable bonds is 5. The molecule has 1 aliphatic heterocycles. The Morgan fingerprint density at radius 1 is 1.11 bits per heavy atom. The van der Waals surface area contributed by atoms with Crippen LogP contribution in [0.1, 0.15) is 11.5 Å². The summed E-state index contributed by atoms with van der Waals surface area (Å²) in [6.07, 6.45) is 3.05. The average molecular weight is 382 g/mol. The van der Waals surface area contributed by atoms with Gasteiger partial charge in [0.1, 0.15) is 17.3 Å². The van der Waals surface area contributed by atoms with Crippen LogP contribution in [0.25, 0.3) is 17.4 Å². The lowest BCUT2D eigenvalue weighted by atomic mass is 10.1. The Balaban J connectivity index is 1.52. The maximum Gasteiger partial charge on any atom is 0.293 e. The largest absolute Gasteiger partial charge is 0.467 e. The Morgan fingerprint density at radius 2 is 1.93 bits per heavy atom. The van der Waals surface area contributed by atoms with Gasteiger partial charge >= 0.3 is 0 Å². The van der Waals surface area contributed by atoms with E-state index in [0.29, 0.717) is 27.9 Å². The van der Waals surface area contributed by atoms with Crippen molar-refractivity contribution in [2.24, 2.45) is 0 Å². The molecule has 2 amide bonds. The number of carbonyl (C=O) groups excluding carboxylic acids is 2. The van der Waals surface area contributed by atoms with Gasteiger partial charge in [-0.05, 0) is 60.3 Å². The van der Waals surface area contributed by atoms with Gasteiger partial charge in [0.15, 0.2) is 0 Å². The second kappa shape index (κ2) is 7.18. The smallest absolute Gasteiger partial charge is 0.293 e. The number of anilines is 1. The first-order chi connectivity index (χ1) is 13.1. The Kier molecular flexibility index (Phi) is 4.57. The molecule has 0 atom stereocenters. The predicted octanol–water partition coefficient (Wildman–Crippen LogP) is 4.58. The van der Waals surface area contributed by atoms with Crippen LogP contribution in [0.3, 0.4) is 0 Å². The summed E-state index contributed by atoms with van der Waals surface area (Å²) in [6, 6.07) is 13.9. The van der Waals surface area contributed by atoms with Gasteiger partial charge in [0.25, 0.3) is 11.1 Å². The van der Waals surface area contributed by atoms with Gasteiger partial charge in [-0.1, -0.05) is 0 Å². The number of hydrogen-bond acceptors (Lipinski definition) is 7. The molecule has 1 aromatic carbocycles. The summed E-state index contributed by atoms with van der Waals surface area (Å²) in [7, 11) is 0. The number of carbonyl (C=O) groups is 2. The van der Waals surface area contributed by atoms with Gasteiger partial charge in [0, 0.05) is 11.6 Å². The summed E-state index contributed by atoms with van der Waals surface area (Å²) in [4.78, 5) is 26.1. The summed E-state index contributed by atoms with van der Waals surface area (Å²) in [5.74, 6) is 1.25. The molecule has 2 N–H and O–H groups in total. The third-order valence-corrected chi connectivity index (χ3v) is 4.87. The molecule has 136 valence electrons. The maximum atomic E-state index is 12.5. The fourth-order valence-electron chi connectivity index (χ4n) is 2.62. The fourth-order valence-corrected chi connectivity index (χ4v) is 3.44. The molecule has 7 nitrogen and oxygen atoms in total. The Bertz CT molecular complexity index is 1010. The van der Waals surface area contributed by atoms with Crippen LogP contribution in [0, 0.1) is 0 Å². The van der Waals surface area contributed by atoms with E-state index in [4.69, 9.17) is 14.0 Å². The van der Waals surface area contributed by atoms with Crippen molar-refractivity contribution >= 4 is 34.7 Å². The summed E-state index contributed by atoms with van der Waals surface area (Å²) in [5.41, 5.74) is 3.45. The number of hydrogen-bond donors (Lipinski definition) is 2. The minimum Gasteiger partial charge on any atom is -0.467 e. The second-order valence-electron chi connectivity index (χ2n) is 5.74. The number of nitrogens with one attached hydrogen (secondary N) is 1. The Morgan fingerprint density at radius 3 is 2.63 bits per heavy atom. The minimum absolute atomic E-state index is 0.101. The SMILES string of the molecule is O=C1S/C(=C/c2ccc(-c3ccc(NO)cc3)o2)C(=O)N1Cc1ccco1. The molecule has 0 unspecified atom stereocenters. The van der Waals surface area contributed by atoms with E-state index in [1.54, 1.807) is 54.6 Å². The topological polar surface area (TPSA) is 95.9 Å². The van der Waals surface area contributed by atoms with Crippen molar-refractivity contribution in [2.75, 3.05) is 5.48 Å². The number of benzene rings is 1. The van der Waals surface area contributed by atoms with Crippen LogP contribution >= 0.6 is 11.8 Å². The van der Waals surface area contributed by atoms with Crippen molar-refractivity contribution in [3.8, 4) is 11.3 Å². The van der Waals surface area contributed by atoms with Gasteiger partial charge in [-0.3, -0.25) is 25.2 Å². The van der Waals surface area contributed by atoms with E-state index in [-0.39, 0.29) is 17.7 Å². The van der Waals surface area contributed by atoms with Gasteiger partial charge in [0.05, 0.1) is 23.4 Å². The van der Waals surface area contributed by atoms with Crippen LogP contribution in [-0.4, -0.2) is 21.3 Å². The van der Waals surface area contributed by atoms with Crippen LogP contribution in [0.4, 0.5) is 10.5 Å². The van der Waals surface area contributed by atoms with Gasteiger partial charge in [0.2, 0.25) is 0 Å². The molecule has 0 aliphatic carbocycles. The Labute approximate surface area is 158 Å². The Hall–Kier alpha value is -3.23. The molecule has 1 aliphatic rings. The zero-order valence-corrected chi connectivity index (χ0v) is 14.7. The molecular weight excluding hydrogens is 368 g/mol. The van der Waals surface area contributed by atoms with E-state index in [1.165, 1.54) is 6.26 Å². The monoisotopic (exact) mass is 382 g/mol. The van der Waals surface area contributed by atoms with E-state index in [9.17, 15) is 9.59 Å². The quantitative estimate of drug-likeness (QED) is 0.492. The summed E-state index contributed by atoms with van der Waals surface area (Å²) in [6.45, 7) is 0.101. The molecule has 3 heterocycles. The van der Waals surface area contributed by atoms with Gasteiger partial charge < -0.3 is 8.83 Å². The summed E-state index contributed by atoms with van der Waals surface area (Å²) >= 11 is 0.869. The lowest BCUT2D eigenvalue weighted by Crippen LogP contribution is -2.27. The van der Waals surface area contributed by atoms with Crippen molar-refractivity contribution in [3.63, 3.8) is 0 Å². The van der Waals surface area contributed by atoms with Gasteiger partial charge in [-0.2, -0.15) is 0 Å². The van der Waals surface area contributed by atoms with Crippen molar-refractivity contribution in [2.45, 2.75) is 6.54 Å². The zero-order valence-electron chi connectivity index (χ0n) is 13.9. The summed E-state index contributed by atoms with van der Waals surface area (Å²) < 4.78 is 11.0. The number of thioether (sulfide) groups is 1. The highest BCUT2D eigenvalue weighted by Gasteiger charge is 2.35. The standard InChI is InChI=1S/C19H14N2O5S/c22-18-17(27-19(23)21(18)11-15-2-1-9-25-15)10-14-7-8-16(26-14)12-3-5-13(20-24)6-4-12/h1-10,20,24H,11H2/b17-10+. The molecule has 1 fully saturated rings. The molecule has 0 spiro atoms. The van der Waals surface area contributed by atoms with Crippen LogP contribution in [0.15, 0.2) is 68.5 Å². The van der Waals surface area contributed by atoms with E-state index >= 15 is 0 Å². The number of nitrogens with zero attached hydrogens (tertiary/aromatic N) is 1. The van der Waals surface area contributed by atoms with Crippen LogP contribution < -0.4 is 5.48 Å². The highest BCUT2D eigenvalue weighted by atomic mass is 32.2. The molecular formula is C19H14N2O5S. The third kappa shape index (κ3) is 3.53. The van der Waals surface area contributed by atoms with Gasteiger partial charge in [-0.25, -0.2) is 0 Å².